The Morgan fingerprint density at radius 1 is 0.909 bits per heavy atom. The van der Waals surface area contributed by atoms with Crippen LogP contribution in [0.25, 0.3) is 22.8 Å². The van der Waals surface area contributed by atoms with Crippen LogP contribution in [0.3, 0.4) is 0 Å². The maximum absolute atomic E-state index is 12.2. The molecule has 0 saturated heterocycles. The molecule has 0 saturated carbocycles. The standard InChI is InChI=1S/C25H23N3O5/c1-3-31-21-11-7-17(8-12-21)25-27-24(28-33-25)18-5-4-6-22(15-18)32-16-23(29)26-19-9-13-20(30-2)14-10-19/h4-15H,3,16H2,1-2H3,(H,26,29). The van der Waals surface area contributed by atoms with Gasteiger partial charge in [0, 0.05) is 16.8 Å². The fourth-order valence-corrected chi connectivity index (χ4v) is 3.06. The summed E-state index contributed by atoms with van der Waals surface area (Å²) in [4.78, 5) is 16.7. The van der Waals surface area contributed by atoms with Gasteiger partial charge in [-0.2, -0.15) is 4.98 Å². The Labute approximate surface area is 191 Å². The summed E-state index contributed by atoms with van der Waals surface area (Å²) in [6.45, 7) is 2.40. The van der Waals surface area contributed by atoms with Gasteiger partial charge in [0.1, 0.15) is 17.2 Å². The monoisotopic (exact) mass is 445 g/mol. The molecule has 0 spiro atoms. The molecule has 1 aromatic heterocycles. The molecule has 168 valence electrons. The molecule has 0 aliphatic carbocycles. The van der Waals surface area contributed by atoms with Crippen molar-refractivity contribution in [1.29, 1.82) is 0 Å². The van der Waals surface area contributed by atoms with Crippen molar-refractivity contribution < 1.29 is 23.5 Å². The summed E-state index contributed by atoms with van der Waals surface area (Å²) >= 11 is 0. The van der Waals surface area contributed by atoms with Gasteiger partial charge in [0.2, 0.25) is 5.82 Å². The molecule has 0 unspecified atom stereocenters. The summed E-state index contributed by atoms with van der Waals surface area (Å²) in [6, 6.07) is 21.7. The van der Waals surface area contributed by atoms with E-state index in [2.05, 4.69) is 15.5 Å². The second kappa shape index (κ2) is 10.3. The molecule has 33 heavy (non-hydrogen) atoms. The van der Waals surface area contributed by atoms with Crippen LogP contribution in [-0.4, -0.2) is 36.4 Å². The van der Waals surface area contributed by atoms with Gasteiger partial charge in [0.15, 0.2) is 6.61 Å². The highest BCUT2D eigenvalue weighted by Crippen LogP contribution is 2.26. The molecule has 4 rings (SSSR count). The number of aromatic nitrogens is 2. The van der Waals surface area contributed by atoms with Gasteiger partial charge in [0.25, 0.3) is 11.8 Å². The highest BCUT2D eigenvalue weighted by molar-refractivity contribution is 5.91. The first-order valence-electron chi connectivity index (χ1n) is 10.4. The number of anilines is 1. The third kappa shape index (κ3) is 5.68. The van der Waals surface area contributed by atoms with Crippen molar-refractivity contribution in [2.45, 2.75) is 6.92 Å². The first-order chi connectivity index (χ1) is 16.1. The van der Waals surface area contributed by atoms with E-state index in [9.17, 15) is 4.79 Å². The van der Waals surface area contributed by atoms with Gasteiger partial charge in [-0.25, -0.2) is 0 Å². The summed E-state index contributed by atoms with van der Waals surface area (Å²) in [7, 11) is 1.59. The van der Waals surface area contributed by atoms with Crippen LogP contribution in [0.5, 0.6) is 17.2 Å². The molecule has 0 aliphatic heterocycles. The molecule has 8 heteroatoms. The fraction of sp³-hybridized carbons (Fsp3) is 0.160. The van der Waals surface area contributed by atoms with Gasteiger partial charge >= 0.3 is 0 Å². The number of ether oxygens (including phenoxy) is 3. The van der Waals surface area contributed by atoms with Gasteiger partial charge in [-0.15, -0.1) is 0 Å². The van der Waals surface area contributed by atoms with Gasteiger partial charge in [0.05, 0.1) is 13.7 Å². The van der Waals surface area contributed by atoms with Crippen LogP contribution >= 0.6 is 0 Å². The van der Waals surface area contributed by atoms with E-state index in [1.54, 1.807) is 49.6 Å². The SMILES string of the molecule is CCOc1ccc(-c2nc(-c3cccc(OCC(=O)Nc4ccc(OC)cc4)c3)no2)cc1. The van der Waals surface area contributed by atoms with Crippen molar-refractivity contribution >= 4 is 11.6 Å². The van der Waals surface area contributed by atoms with E-state index in [1.165, 1.54) is 0 Å². The van der Waals surface area contributed by atoms with E-state index in [1.807, 2.05) is 37.3 Å². The number of hydrogen-bond acceptors (Lipinski definition) is 7. The Balaban J connectivity index is 1.38. The lowest BCUT2D eigenvalue weighted by molar-refractivity contribution is -0.118. The van der Waals surface area contributed by atoms with E-state index in [4.69, 9.17) is 18.7 Å². The number of methoxy groups -OCH3 is 1. The third-order valence-corrected chi connectivity index (χ3v) is 4.67. The van der Waals surface area contributed by atoms with E-state index in [0.717, 1.165) is 11.3 Å². The van der Waals surface area contributed by atoms with E-state index in [-0.39, 0.29) is 12.5 Å². The average Bonchev–Trinajstić information content (AvgIpc) is 3.35. The molecule has 0 bridgehead atoms. The topological polar surface area (TPSA) is 95.7 Å². The van der Waals surface area contributed by atoms with Gasteiger partial charge in [-0.3, -0.25) is 4.79 Å². The van der Waals surface area contributed by atoms with Crippen LogP contribution in [-0.2, 0) is 4.79 Å². The number of amides is 1. The van der Waals surface area contributed by atoms with Crippen LogP contribution in [0.2, 0.25) is 0 Å². The largest absolute Gasteiger partial charge is 0.497 e. The van der Waals surface area contributed by atoms with Crippen molar-refractivity contribution in [3.8, 4) is 40.1 Å². The molecular formula is C25H23N3O5. The van der Waals surface area contributed by atoms with Crippen molar-refractivity contribution in [3.05, 3.63) is 72.8 Å². The summed E-state index contributed by atoms with van der Waals surface area (Å²) < 4.78 is 21.6. The van der Waals surface area contributed by atoms with Crippen molar-refractivity contribution in [1.82, 2.24) is 10.1 Å². The smallest absolute Gasteiger partial charge is 0.262 e. The van der Waals surface area contributed by atoms with E-state index in [0.29, 0.717) is 41.1 Å². The molecule has 1 heterocycles. The first-order valence-corrected chi connectivity index (χ1v) is 10.4. The summed E-state index contributed by atoms with van der Waals surface area (Å²) in [5.74, 6) is 2.56. The Kier molecular flexibility index (Phi) is 6.84. The van der Waals surface area contributed by atoms with Crippen LogP contribution in [0.1, 0.15) is 6.92 Å². The minimum atomic E-state index is -0.275. The van der Waals surface area contributed by atoms with Crippen molar-refractivity contribution in [2.75, 3.05) is 25.6 Å². The lowest BCUT2D eigenvalue weighted by Gasteiger charge is -2.08. The maximum atomic E-state index is 12.2. The third-order valence-electron chi connectivity index (χ3n) is 4.67. The molecular weight excluding hydrogens is 422 g/mol. The first kappa shape index (κ1) is 21.9. The Morgan fingerprint density at radius 2 is 1.67 bits per heavy atom. The van der Waals surface area contributed by atoms with Crippen LogP contribution in [0, 0.1) is 0 Å². The number of benzene rings is 3. The van der Waals surface area contributed by atoms with Crippen LogP contribution in [0.15, 0.2) is 77.3 Å². The highest BCUT2D eigenvalue weighted by atomic mass is 16.5. The number of nitrogens with zero attached hydrogens (tertiary/aromatic N) is 2. The Bertz CT molecular complexity index is 1200. The average molecular weight is 445 g/mol. The predicted molar refractivity (Wildman–Crippen MR) is 123 cm³/mol. The minimum Gasteiger partial charge on any atom is -0.497 e. The minimum absolute atomic E-state index is 0.140. The number of carbonyl (C=O) groups is 1. The zero-order valence-corrected chi connectivity index (χ0v) is 18.3. The van der Waals surface area contributed by atoms with E-state index < -0.39 is 0 Å². The van der Waals surface area contributed by atoms with Crippen LogP contribution in [0.4, 0.5) is 5.69 Å². The molecule has 3 aromatic carbocycles. The molecule has 0 fully saturated rings. The number of nitrogens with one attached hydrogen (secondary N) is 1. The van der Waals surface area contributed by atoms with Crippen molar-refractivity contribution in [3.63, 3.8) is 0 Å². The lowest BCUT2D eigenvalue weighted by Crippen LogP contribution is -2.20. The van der Waals surface area contributed by atoms with Crippen molar-refractivity contribution in [2.24, 2.45) is 0 Å². The van der Waals surface area contributed by atoms with E-state index >= 15 is 0 Å². The molecule has 4 aromatic rings. The summed E-state index contributed by atoms with van der Waals surface area (Å²) in [5, 5.41) is 6.84. The molecule has 0 radical (unpaired) electrons. The summed E-state index contributed by atoms with van der Waals surface area (Å²) in [6.07, 6.45) is 0. The molecule has 1 N–H and O–H groups in total. The highest BCUT2D eigenvalue weighted by Gasteiger charge is 2.12. The van der Waals surface area contributed by atoms with Gasteiger partial charge < -0.3 is 24.1 Å². The van der Waals surface area contributed by atoms with Gasteiger partial charge in [-0.05, 0) is 67.6 Å². The second-order valence-corrected chi connectivity index (χ2v) is 6.97. The molecule has 0 atom stereocenters. The number of hydrogen-bond donors (Lipinski definition) is 1. The second-order valence-electron chi connectivity index (χ2n) is 6.97. The maximum Gasteiger partial charge on any atom is 0.262 e. The number of carbonyl (C=O) groups excluding carboxylic acids is 1. The van der Waals surface area contributed by atoms with Gasteiger partial charge in [-0.1, -0.05) is 17.3 Å². The molecule has 1 amide bonds. The van der Waals surface area contributed by atoms with Crippen LogP contribution < -0.4 is 19.5 Å². The quantitative estimate of drug-likeness (QED) is 0.394. The lowest BCUT2D eigenvalue weighted by atomic mass is 10.2. The Hall–Kier alpha value is -4.33. The zero-order valence-electron chi connectivity index (χ0n) is 18.3. The Morgan fingerprint density at radius 3 is 2.39 bits per heavy atom. The normalized spacial score (nSPS) is 10.5. The summed E-state index contributed by atoms with van der Waals surface area (Å²) in [5.41, 5.74) is 2.16. The molecule has 0 aliphatic rings. The predicted octanol–water partition coefficient (Wildman–Crippen LogP) is 4.83. The number of rotatable bonds is 9. The zero-order chi connectivity index (χ0) is 23.0. The molecule has 8 nitrogen and oxygen atoms in total. The fourth-order valence-electron chi connectivity index (χ4n) is 3.06.